The molecule has 0 aliphatic carbocycles. The van der Waals surface area contributed by atoms with E-state index >= 15 is 0 Å². The molecular formula is C13H20N2OS. The van der Waals surface area contributed by atoms with Crippen LogP contribution in [0, 0.1) is 0 Å². The third kappa shape index (κ3) is 7.05. The summed E-state index contributed by atoms with van der Waals surface area (Å²) < 4.78 is 5.44. The van der Waals surface area contributed by atoms with Gasteiger partial charge in [-0.3, -0.25) is 4.90 Å². The Kier molecular flexibility index (Phi) is 6.77. The third-order valence-corrected chi connectivity index (χ3v) is 2.61. The van der Waals surface area contributed by atoms with Gasteiger partial charge in [0.1, 0.15) is 0 Å². The van der Waals surface area contributed by atoms with Crippen molar-refractivity contribution in [2.24, 2.45) is 5.73 Å². The van der Waals surface area contributed by atoms with Crippen LogP contribution in [0.2, 0.25) is 0 Å². The van der Waals surface area contributed by atoms with Gasteiger partial charge in [-0.05, 0) is 12.6 Å². The van der Waals surface area contributed by atoms with E-state index in [1.54, 1.807) is 0 Å². The van der Waals surface area contributed by atoms with Crippen molar-refractivity contribution in [3.63, 3.8) is 0 Å². The number of rotatable bonds is 8. The number of hydrogen-bond acceptors (Lipinski definition) is 3. The Morgan fingerprint density at radius 2 is 2.00 bits per heavy atom. The molecule has 0 unspecified atom stereocenters. The first kappa shape index (κ1) is 14.1. The molecule has 94 valence electrons. The van der Waals surface area contributed by atoms with Crippen molar-refractivity contribution in [1.29, 1.82) is 0 Å². The van der Waals surface area contributed by atoms with Crippen molar-refractivity contribution >= 4 is 17.2 Å². The Morgan fingerprint density at radius 1 is 1.29 bits per heavy atom. The molecule has 0 spiro atoms. The van der Waals surface area contributed by atoms with E-state index < -0.39 is 0 Å². The van der Waals surface area contributed by atoms with Gasteiger partial charge in [0.05, 0.1) is 18.2 Å². The lowest BCUT2D eigenvalue weighted by atomic mass is 10.2. The largest absolute Gasteiger partial charge is 0.393 e. The first-order valence-corrected chi connectivity index (χ1v) is 6.18. The number of nitrogens with two attached hydrogens (primary N) is 1. The maximum Gasteiger partial charge on any atom is 0.0750 e. The Labute approximate surface area is 109 Å². The summed E-state index contributed by atoms with van der Waals surface area (Å²) in [7, 11) is 2.09. The van der Waals surface area contributed by atoms with Gasteiger partial charge in [-0.15, -0.1) is 0 Å². The van der Waals surface area contributed by atoms with E-state index in [4.69, 9.17) is 22.7 Å². The molecule has 1 rings (SSSR count). The Balaban J connectivity index is 2.09. The molecule has 0 saturated carbocycles. The number of ether oxygens (including phenoxy) is 1. The number of likely N-dealkylation sites (N-methyl/N-ethyl adjacent to an activating group) is 1. The Bertz CT molecular complexity index is 329. The Morgan fingerprint density at radius 3 is 2.65 bits per heavy atom. The average Bonchev–Trinajstić information content (AvgIpc) is 2.29. The molecule has 0 saturated heterocycles. The maximum absolute atomic E-state index is 5.44. The SMILES string of the molecule is CN(CCOCCC(N)=S)Cc1ccccc1. The molecule has 0 bridgehead atoms. The van der Waals surface area contributed by atoms with Crippen LogP contribution in [0.25, 0.3) is 0 Å². The molecule has 0 atom stereocenters. The van der Waals surface area contributed by atoms with Crippen LogP contribution in [-0.2, 0) is 11.3 Å². The fourth-order valence-electron chi connectivity index (χ4n) is 1.47. The summed E-state index contributed by atoms with van der Waals surface area (Å²) in [6.07, 6.45) is 0.664. The van der Waals surface area contributed by atoms with Gasteiger partial charge in [0, 0.05) is 19.5 Å². The highest BCUT2D eigenvalue weighted by Crippen LogP contribution is 2.01. The zero-order chi connectivity index (χ0) is 12.5. The predicted octanol–water partition coefficient (Wildman–Crippen LogP) is 1.81. The van der Waals surface area contributed by atoms with Crippen LogP contribution in [0.4, 0.5) is 0 Å². The molecule has 0 radical (unpaired) electrons. The first-order valence-electron chi connectivity index (χ1n) is 5.77. The summed E-state index contributed by atoms with van der Waals surface area (Å²) in [5.74, 6) is 0. The number of benzene rings is 1. The first-order chi connectivity index (χ1) is 8.18. The maximum atomic E-state index is 5.44. The third-order valence-electron chi connectivity index (χ3n) is 2.41. The van der Waals surface area contributed by atoms with Crippen molar-refractivity contribution in [1.82, 2.24) is 4.90 Å². The van der Waals surface area contributed by atoms with Gasteiger partial charge >= 0.3 is 0 Å². The molecule has 3 nitrogen and oxygen atoms in total. The van der Waals surface area contributed by atoms with E-state index in [-0.39, 0.29) is 0 Å². The van der Waals surface area contributed by atoms with Gasteiger partial charge in [-0.25, -0.2) is 0 Å². The van der Waals surface area contributed by atoms with Crippen LogP contribution in [0.1, 0.15) is 12.0 Å². The van der Waals surface area contributed by atoms with Gasteiger partial charge in [0.2, 0.25) is 0 Å². The second-order valence-electron chi connectivity index (χ2n) is 4.05. The minimum absolute atomic E-state index is 0.516. The molecular weight excluding hydrogens is 232 g/mol. The zero-order valence-corrected chi connectivity index (χ0v) is 11.1. The van der Waals surface area contributed by atoms with Crippen LogP contribution >= 0.6 is 12.2 Å². The smallest absolute Gasteiger partial charge is 0.0750 e. The lowest BCUT2D eigenvalue weighted by Gasteiger charge is -2.16. The summed E-state index contributed by atoms with van der Waals surface area (Å²) in [6, 6.07) is 10.4. The molecule has 1 aromatic rings. The molecule has 0 amide bonds. The summed E-state index contributed by atoms with van der Waals surface area (Å²) in [4.78, 5) is 2.75. The second kappa shape index (κ2) is 8.17. The van der Waals surface area contributed by atoms with E-state index in [0.717, 1.165) is 13.1 Å². The van der Waals surface area contributed by atoms with Gasteiger partial charge < -0.3 is 10.5 Å². The van der Waals surface area contributed by atoms with Gasteiger partial charge in [-0.2, -0.15) is 0 Å². The summed E-state index contributed by atoms with van der Waals surface area (Å²) in [5.41, 5.74) is 6.70. The summed E-state index contributed by atoms with van der Waals surface area (Å²) in [6.45, 7) is 3.19. The molecule has 2 N–H and O–H groups in total. The topological polar surface area (TPSA) is 38.5 Å². The van der Waals surface area contributed by atoms with Gasteiger partial charge in [-0.1, -0.05) is 42.5 Å². The number of hydrogen-bond donors (Lipinski definition) is 1. The monoisotopic (exact) mass is 252 g/mol. The second-order valence-corrected chi connectivity index (χ2v) is 4.58. The van der Waals surface area contributed by atoms with E-state index in [1.807, 2.05) is 6.07 Å². The van der Waals surface area contributed by atoms with Crippen LogP contribution < -0.4 is 5.73 Å². The van der Waals surface area contributed by atoms with E-state index in [1.165, 1.54) is 5.56 Å². The van der Waals surface area contributed by atoms with Crippen molar-refractivity contribution < 1.29 is 4.74 Å². The minimum Gasteiger partial charge on any atom is -0.393 e. The average molecular weight is 252 g/mol. The normalized spacial score (nSPS) is 10.7. The van der Waals surface area contributed by atoms with Crippen molar-refractivity contribution in [2.45, 2.75) is 13.0 Å². The molecule has 0 heterocycles. The van der Waals surface area contributed by atoms with E-state index in [0.29, 0.717) is 24.6 Å². The van der Waals surface area contributed by atoms with Crippen LogP contribution in [0.5, 0.6) is 0 Å². The standard InChI is InChI=1S/C13H20N2OS/c1-15(8-10-16-9-7-13(14)17)11-12-5-3-2-4-6-12/h2-6H,7-11H2,1H3,(H2,14,17). The predicted molar refractivity (Wildman–Crippen MR) is 75.0 cm³/mol. The highest BCUT2D eigenvalue weighted by atomic mass is 32.1. The molecule has 0 aliphatic rings. The van der Waals surface area contributed by atoms with E-state index in [2.05, 4.69) is 36.2 Å². The van der Waals surface area contributed by atoms with Crippen molar-refractivity contribution in [3.05, 3.63) is 35.9 Å². The van der Waals surface area contributed by atoms with E-state index in [9.17, 15) is 0 Å². The van der Waals surface area contributed by atoms with Crippen molar-refractivity contribution in [2.75, 3.05) is 26.8 Å². The molecule has 0 aliphatic heterocycles. The van der Waals surface area contributed by atoms with Crippen LogP contribution in [0.15, 0.2) is 30.3 Å². The van der Waals surface area contributed by atoms with Gasteiger partial charge in [0.15, 0.2) is 0 Å². The lowest BCUT2D eigenvalue weighted by Crippen LogP contribution is -2.23. The summed E-state index contributed by atoms with van der Waals surface area (Å²) >= 11 is 4.77. The minimum atomic E-state index is 0.516. The fourth-order valence-corrected chi connectivity index (χ4v) is 1.55. The zero-order valence-electron chi connectivity index (χ0n) is 10.3. The number of nitrogens with zero attached hydrogens (tertiary/aromatic N) is 1. The molecule has 0 fully saturated rings. The summed E-state index contributed by atoms with van der Waals surface area (Å²) in [5, 5.41) is 0. The fraction of sp³-hybridized carbons (Fsp3) is 0.462. The highest BCUT2D eigenvalue weighted by molar-refractivity contribution is 7.80. The highest BCUT2D eigenvalue weighted by Gasteiger charge is 1.99. The Hall–Kier alpha value is -0.970. The molecule has 17 heavy (non-hydrogen) atoms. The van der Waals surface area contributed by atoms with Crippen LogP contribution in [-0.4, -0.2) is 36.7 Å². The van der Waals surface area contributed by atoms with Crippen molar-refractivity contribution in [3.8, 4) is 0 Å². The van der Waals surface area contributed by atoms with Gasteiger partial charge in [0.25, 0.3) is 0 Å². The number of thiocarbonyl (C=S) groups is 1. The molecule has 0 aromatic heterocycles. The quantitative estimate of drug-likeness (QED) is 0.566. The lowest BCUT2D eigenvalue weighted by molar-refractivity contribution is 0.115. The molecule has 1 aromatic carbocycles. The molecule has 4 heteroatoms. The van der Waals surface area contributed by atoms with Crippen LogP contribution in [0.3, 0.4) is 0 Å².